The van der Waals surface area contributed by atoms with Gasteiger partial charge in [-0.05, 0) is 62.7 Å². The van der Waals surface area contributed by atoms with E-state index in [0.29, 0.717) is 17.8 Å². The summed E-state index contributed by atoms with van der Waals surface area (Å²) in [6.07, 6.45) is 1.55. The Morgan fingerprint density at radius 2 is 1.85 bits per heavy atom. The normalized spacial score (nSPS) is 15.7. The minimum Gasteiger partial charge on any atom is -0.322 e. The van der Waals surface area contributed by atoms with Crippen molar-refractivity contribution in [1.29, 1.82) is 0 Å². The van der Waals surface area contributed by atoms with Gasteiger partial charge >= 0.3 is 0 Å². The maximum atomic E-state index is 14.2. The summed E-state index contributed by atoms with van der Waals surface area (Å²) in [5.41, 5.74) is 4.65. The monoisotopic (exact) mass is 370 g/mol. The summed E-state index contributed by atoms with van der Waals surface area (Å²) in [5, 5.41) is 2.85. The number of hydrogen-bond acceptors (Lipinski definition) is 4. The van der Waals surface area contributed by atoms with Crippen LogP contribution in [0.15, 0.2) is 24.4 Å². The molecule has 5 nitrogen and oxygen atoms in total. The van der Waals surface area contributed by atoms with Gasteiger partial charge in [-0.3, -0.25) is 14.7 Å². The number of aromatic nitrogens is 1. The third-order valence-corrected chi connectivity index (χ3v) is 5.32. The molecule has 2 heterocycles. The summed E-state index contributed by atoms with van der Waals surface area (Å²) in [4.78, 5) is 21.4. The first-order valence-corrected chi connectivity index (χ1v) is 9.28. The van der Waals surface area contributed by atoms with Crippen LogP contribution in [0.4, 0.5) is 10.1 Å². The molecule has 6 heteroatoms. The van der Waals surface area contributed by atoms with Crippen molar-refractivity contribution in [2.75, 3.05) is 38.5 Å². The topological polar surface area (TPSA) is 48.5 Å². The van der Waals surface area contributed by atoms with Gasteiger partial charge in [0, 0.05) is 50.3 Å². The largest absolute Gasteiger partial charge is 0.322 e. The quantitative estimate of drug-likeness (QED) is 0.898. The zero-order valence-corrected chi connectivity index (χ0v) is 16.5. The van der Waals surface area contributed by atoms with Crippen molar-refractivity contribution in [3.63, 3.8) is 0 Å². The zero-order chi connectivity index (χ0) is 19.6. The van der Waals surface area contributed by atoms with Gasteiger partial charge < -0.3 is 10.2 Å². The van der Waals surface area contributed by atoms with Gasteiger partial charge in [0.25, 0.3) is 5.91 Å². The second-order valence-corrected chi connectivity index (χ2v) is 7.40. The minimum absolute atomic E-state index is 0.273. The van der Waals surface area contributed by atoms with E-state index in [1.54, 1.807) is 18.3 Å². The van der Waals surface area contributed by atoms with Gasteiger partial charge in [0.05, 0.1) is 5.56 Å². The van der Waals surface area contributed by atoms with Gasteiger partial charge in [0.2, 0.25) is 0 Å². The van der Waals surface area contributed by atoms with Crippen LogP contribution in [0.3, 0.4) is 0 Å². The third-order valence-electron chi connectivity index (χ3n) is 5.32. The van der Waals surface area contributed by atoms with Crippen molar-refractivity contribution in [3.05, 3.63) is 58.2 Å². The lowest BCUT2D eigenvalue weighted by Gasteiger charge is -2.32. The number of carbonyl (C=O) groups excluding carboxylic acids is 1. The number of amides is 1. The molecule has 0 unspecified atom stereocenters. The van der Waals surface area contributed by atoms with E-state index in [0.717, 1.165) is 48.6 Å². The maximum Gasteiger partial charge on any atom is 0.257 e. The number of nitrogens with zero attached hydrogens (tertiary/aromatic N) is 3. The molecule has 1 aliphatic heterocycles. The van der Waals surface area contributed by atoms with E-state index in [1.807, 2.05) is 20.8 Å². The van der Waals surface area contributed by atoms with Crippen LogP contribution in [-0.2, 0) is 6.54 Å². The van der Waals surface area contributed by atoms with Crippen LogP contribution in [0, 0.1) is 26.6 Å². The molecule has 0 spiro atoms. The van der Waals surface area contributed by atoms with E-state index in [1.165, 1.54) is 6.07 Å². The summed E-state index contributed by atoms with van der Waals surface area (Å²) < 4.78 is 14.2. The number of likely N-dealkylation sites (N-methyl/N-ethyl adjacent to an activating group) is 1. The van der Waals surface area contributed by atoms with Gasteiger partial charge in [0.1, 0.15) is 5.82 Å². The Labute approximate surface area is 160 Å². The number of aryl methyl sites for hydroxylation is 2. The van der Waals surface area contributed by atoms with Crippen LogP contribution < -0.4 is 5.32 Å². The number of nitrogens with one attached hydrogen (secondary N) is 1. The Bertz CT molecular complexity index is 844. The molecule has 27 heavy (non-hydrogen) atoms. The molecule has 1 saturated heterocycles. The molecule has 1 N–H and O–H groups in total. The van der Waals surface area contributed by atoms with E-state index < -0.39 is 0 Å². The number of benzene rings is 1. The molecule has 1 aromatic carbocycles. The molecule has 3 rings (SSSR count). The maximum absolute atomic E-state index is 14.2. The highest BCUT2D eigenvalue weighted by Crippen LogP contribution is 2.24. The van der Waals surface area contributed by atoms with Crippen LogP contribution in [0.5, 0.6) is 0 Å². The van der Waals surface area contributed by atoms with Gasteiger partial charge in [-0.25, -0.2) is 4.39 Å². The molecule has 0 aliphatic carbocycles. The van der Waals surface area contributed by atoms with Crippen molar-refractivity contribution >= 4 is 11.6 Å². The average molecular weight is 370 g/mol. The molecule has 1 fully saturated rings. The molecule has 0 bridgehead atoms. The van der Waals surface area contributed by atoms with Gasteiger partial charge in [-0.1, -0.05) is 0 Å². The standard InChI is InChI=1S/C21H27FN4O/c1-14-9-17(12-23-16(14)3)21(27)24-20-11-19(22)10-18(15(20)2)13-26-7-5-25(4)6-8-26/h9-12H,5-8,13H2,1-4H3,(H,24,27). The van der Waals surface area contributed by atoms with Gasteiger partial charge in [-0.2, -0.15) is 0 Å². The van der Waals surface area contributed by atoms with Gasteiger partial charge in [-0.15, -0.1) is 0 Å². The highest BCUT2D eigenvalue weighted by molar-refractivity contribution is 6.04. The van der Waals surface area contributed by atoms with Crippen molar-refractivity contribution < 1.29 is 9.18 Å². The van der Waals surface area contributed by atoms with E-state index in [-0.39, 0.29) is 11.7 Å². The van der Waals surface area contributed by atoms with E-state index >= 15 is 0 Å². The second kappa shape index (κ2) is 8.15. The molecular formula is C21H27FN4O. The fraction of sp³-hybridized carbons (Fsp3) is 0.429. The molecule has 0 saturated carbocycles. The Morgan fingerprint density at radius 1 is 1.15 bits per heavy atom. The highest BCUT2D eigenvalue weighted by Gasteiger charge is 2.17. The molecule has 1 amide bonds. The van der Waals surface area contributed by atoms with Crippen molar-refractivity contribution in [3.8, 4) is 0 Å². The highest BCUT2D eigenvalue weighted by atomic mass is 19.1. The van der Waals surface area contributed by atoms with Crippen LogP contribution in [0.25, 0.3) is 0 Å². The molecule has 0 atom stereocenters. The Morgan fingerprint density at radius 3 is 2.52 bits per heavy atom. The summed E-state index contributed by atoms with van der Waals surface area (Å²) in [5.74, 6) is -0.608. The number of piperazine rings is 1. The van der Waals surface area contributed by atoms with E-state index in [9.17, 15) is 9.18 Å². The zero-order valence-electron chi connectivity index (χ0n) is 16.5. The van der Waals surface area contributed by atoms with Crippen molar-refractivity contribution in [2.24, 2.45) is 0 Å². The van der Waals surface area contributed by atoms with E-state index in [2.05, 4.69) is 27.1 Å². The number of hydrogen-bond donors (Lipinski definition) is 1. The minimum atomic E-state index is -0.335. The molecule has 1 aromatic heterocycles. The van der Waals surface area contributed by atoms with E-state index in [4.69, 9.17) is 0 Å². The van der Waals surface area contributed by atoms with Gasteiger partial charge in [0.15, 0.2) is 0 Å². The molecular weight excluding hydrogens is 343 g/mol. The Balaban J connectivity index is 1.78. The van der Waals surface area contributed by atoms with Crippen LogP contribution in [-0.4, -0.2) is 53.9 Å². The number of carbonyl (C=O) groups is 1. The summed E-state index contributed by atoms with van der Waals surface area (Å²) in [6, 6.07) is 4.76. The van der Waals surface area contributed by atoms with Crippen molar-refractivity contribution in [2.45, 2.75) is 27.3 Å². The fourth-order valence-electron chi connectivity index (χ4n) is 3.24. The molecule has 2 aromatic rings. The first kappa shape index (κ1) is 19.5. The lowest BCUT2D eigenvalue weighted by atomic mass is 10.0. The number of pyridine rings is 1. The predicted molar refractivity (Wildman–Crippen MR) is 106 cm³/mol. The lowest BCUT2D eigenvalue weighted by Crippen LogP contribution is -2.44. The number of halogens is 1. The number of anilines is 1. The Hall–Kier alpha value is -2.31. The fourth-order valence-corrected chi connectivity index (χ4v) is 3.24. The molecule has 1 aliphatic rings. The SMILES string of the molecule is Cc1cc(C(=O)Nc2cc(F)cc(CN3CCN(C)CC3)c2C)cnc1C. The predicted octanol–water partition coefficient (Wildman–Crippen LogP) is 3.15. The third kappa shape index (κ3) is 4.70. The number of rotatable bonds is 4. The van der Waals surface area contributed by atoms with Crippen LogP contribution in [0.1, 0.15) is 32.7 Å². The second-order valence-electron chi connectivity index (χ2n) is 7.40. The molecule has 144 valence electrons. The first-order chi connectivity index (χ1) is 12.8. The smallest absolute Gasteiger partial charge is 0.257 e. The van der Waals surface area contributed by atoms with Crippen LogP contribution >= 0.6 is 0 Å². The Kier molecular flexibility index (Phi) is 5.87. The average Bonchev–Trinajstić information content (AvgIpc) is 2.63. The van der Waals surface area contributed by atoms with Crippen molar-refractivity contribution in [1.82, 2.24) is 14.8 Å². The summed E-state index contributed by atoms with van der Waals surface area (Å²) in [7, 11) is 2.11. The summed E-state index contributed by atoms with van der Waals surface area (Å²) >= 11 is 0. The lowest BCUT2D eigenvalue weighted by molar-refractivity contribution is 0.102. The first-order valence-electron chi connectivity index (χ1n) is 9.28. The summed E-state index contributed by atoms with van der Waals surface area (Å²) in [6.45, 7) is 10.4. The molecule has 0 radical (unpaired) electrons. The van der Waals surface area contributed by atoms with Crippen LogP contribution in [0.2, 0.25) is 0 Å².